The zero-order valence-corrected chi connectivity index (χ0v) is 7.96. The van der Waals surface area contributed by atoms with Crippen molar-refractivity contribution in [3.05, 3.63) is 41.5 Å². The quantitative estimate of drug-likeness (QED) is 0.674. The molecule has 0 radical (unpaired) electrons. The topological polar surface area (TPSA) is 23.8 Å². The summed E-state index contributed by atoms with van der Waals surface area (Å²) in [6.07, 6.45) is 4.90. The molecule has 0 bridgehead atoms. The van der Waals surface area contributed by atoms with Crippen LogP contribution in [0.15, 0.2) is 30.3 Å². The van der Waals surface area contributed by atoms with Crippen molar-refractivity contribution in [3.63, 3.8) is 0 Å². The van der Waals surface area contributed by atoms with Gasteiger partial charge in [-0.3, -0.25) is 0 Å². The molecule has 0 heterocycles. The Morgan fingerprint density at radius 1 is 1.31 bits per heavy atom. The first-order valence-electron chi connectivity index (χ1n) is 4.09. The maximum Gasteiger partial charge on any atom is 0.0991 e. The number of rotatable bonds is 3. The molecule has 1 rings (SSSR count). The molecule has 0 saturated carbocycles. The third kappa shape index (κ3) is 3.31. The summed E-state index contributed by atoms with van der Waals surface area (Å²) in [5, 5.41) is 8.56. The van der Waals surface area contributed by atoms with Gasteiger partial charge < -0.3 is 0 Å². The lowest BCUT2D eigenvalue weighted by molar-refractivity contribution is 1.24. The summed E-state index contributed by atoms with van der Waals surface area (Å²) in [4.78, 5) is 0. The highest BCUT2D eigenvalue weighted by Gasteiger charge is 1.88. The highest BCUT2D eigenvalue weighted by Crippen LogP contribution is 2.05. The first kappa shape index (κ1) is 9.83. The SMILES string of the molecule is N#Cc1ccc(C=CCCCl)cc1. The molecule has 0 fully saturated rings. The van der Waals surface area contributed by atoms with Crippen LogP contribution in [0.3, 0.4) is 0 Å². The minimum Gasteiger partial charge on any atom is -0.192 e. The Labute approximate surface area is 83.3 Å². The molecule has 66 valence electrons. The van der Waals surface area contributed by atoms with Gasteiger partial charge in [0.2, 0.25) is 0 Å². The summed E-state index contributed by atoms with van der Waals surface area (Å²) in [5.74, 6) is 0.646. The molecule has 1 aromatic carbocycles. The van der Waals surface area contributed by atoms with Crippen LogP contribution >= 0.6 is 11.6 Å². The van der Waals surface area contributed by atoms with Crippen molar-refractivity contribution < 1.29 is 0 Å². The standard InChI is InChI=1S/C11H10ClN/c12-8-2-1-3-10-4-6-11(9-13)7-5-10/h1,3-7H,2,8H2. The summed E-state index contributed by atoms with van der Waals surface area (Å²) in [6.45, 7) is 0. The van der Waals surface area contributed by atoms with Gasteiger partial charge in [0.05, 0.1) is 11.6 Å². The van der Waals surface area contributed by atoms with E-state index in [4.69, 9.17) is 16.9 Å². The van der Waals surface area contributed by atoms with Gasteiger partial charge >= 0.3 is 0 Å². The Balaban J connectivity index is 2.65. The minimum absolute atomic E-state index is 0.646. The number of alkyl halides is 1. The van der Waals surface area contributed by atoms with Gasteiger partial charge in [-0.05, 0) is 24.1 Å². The van der Waals surface area contributed by atoms with Gasteiger partial charge in [-0.25, -0.2) is 0 Å². The van der Waals surface area contributed by atoms with Crippen LogP contribution in [0.4, 0.5) is 0 Å². The predicted octanol–water partition coefficient (Wildman–Crippen LogP) is 3.20. The van der Waals surface area contributed by atoms with Gasteiger partial charge in [0.25, 0.3) is 0 Å². The van der Waals surface area contributed by atoms with E-state index in [0.717, 1.165) is 12.0 Å². The molecular weight excluding hydrogens is 182 g/mol. The maximum atomic E-state index is 8.56. The third-order valence-corrected chi connectivity index (χ3v) is 1.84. The van der Waals surface area contributed by atoms with E-state index in [1.54, 1.807) is 12.1 Å². The molecule has 0 unspecified atom stereocenters. The number of allylic oxidation sites excluding steroid dienone is 1. The van der Waals surface area contributed by atoms with E-state index in [1.165, 1.54) is 0 Å². The molecule has 0 aliphatic rings. The highest BCUT2D eigenvalue weighted by molar-refractivity contribution is 6.17. The molecular formula is C11H10ClN. The number of nitriles is 1. The average molecular weight is 192 g/mol. The van der Waals surface area contributed by atoms with Gasteiger partial charge in [-0.15, -0.1) is 11.6 Å². The van der Waals surface area contributed by atoms with E-state index in [1.807, 2.05) is 24.3 Å². The van der Waals surface area contributed by atoms with Crippen LogP contribution in [0.1, 0.15) is 17.5 Å². The lowest BCUT2D eigenvalue weighted by Crippen LogP contribution is -1.75. The zero-order chi connectivity index (χ0) is 9.52. The molecule has 1 aromatic rings. The second-order valence-corrected chi connectivity index (χ2v) is 2.99. The minimum atomic E-state index is 0.646. The van der Waals surface area contributed by atoms with Crippen molar-refractivity contribution in [2.45, 2.75) is 6.42 Å². The van der Waals surface area contributed by atoms with Gasteiger partial charge in [0.1, 0.15) is 0 Å². The lowest BCUT2D eigenvalue weighted by atomic mass is 10.1. The van der Waals surface area contributed by atoms with E-state index in [9.17, 15) is 0 Å². The fourth-order valence-corrected chi connectivity index (χ4v) is 1.08. The van der Waals surface area contributed by atoms with Gasteiger partial charge in [0.15, 0.2) is 0 Å². The van der Waals surface area contributed by atoms with E-state index in [-0.39, 0.29) is 0 Å². The summed E-state index contributed by atoms with van der Waals surface area (Å²) >= 11 is 5.52. The molecule has 0 saturated heterocycles. The lowest BCUT2D eigenvalue weighted by Gasteiger charge is -1.92. The van der Waals surface area contributed by atoms with Crippen molar-refractivity contribution in [2.24, 2.45) is 0 Å². The molecule has 0 aromatic heterocycles. The Hall–Kier alpha value is -1.26. The third-order valence-electron chi connectivity index (χ3n) is 1.63. The van der Waals surface area contributed by atoms with Crippen LogP contribution in [0.25, 0.3) is 6.08 Å². The number of nitrogens with zero attached hydrogens (tertiary/aromatic N) is 1. The second kappa shape index (κ2) is 5.40. The largest absolute Gasteiger partial charge is 0.192 e. The highest BCUT2D eigenvalue weighted by atomic mass is 35.5. The molecule has 0 atom stereocenters. The first-order valence-corrected chi connectivity index (χ1v) is 4.63. The summed E-state index contributed by atoms with van der Waals surface area (Å²) < 4.78 is 0. The number of hydrogen-bond acceptors (Lipinski definition) is 1. The van der Waals surface area contributed by atoms with E-state index >= 15 is 0 Å². The van der Waals surface area contributed by atoms with Crippen LogP contribution in [-0.4, -0.2) is 5.88 Å². The van der Waals surface area contributed by atoms with Crippen molar-refractivity contribution in [3.8, 4) is 6.07 Å². The van der Waals surface area contributed by atoms with Crippen molar-refractivity contribution in [1.29, 1.82) is 5.26 Å². The van der Waals surface area contributed by atoms with Crippen LogP contribution < -0.4 is 0 Å². The van der Waals surface area contributed by atoms with Gasteiger partial charge in [-0.2, -0.15) is 5.26 Å². The number of hydrogen-bond donors (Lipinski definition) is 0. The molecule has 2 heteroatoms. The van der Waals surface area contributed by atoms with Crippen LogP contribution in [-0.2, 0) is 0 Å². The monoisotopic (exact) mass is 191 g/mol. The number of halogens is 1. The fourth-order valence-electron chi connectivity index (χ4n) is 0.951. The molecule has 0 aliphatic heterocycles. The van der Waals surface area contributed by atoms with Crippen molar-refractivity contribution >= 4 is 17.7 Å². The summed E-state index contributed by atoms with van der Waals surface area (Å²) in [5.41, 5.74) is 1.79. The predicted molar refractivity (Wildman–Crippen MR) is 55.5 cm³/mol. The summed E-state index contributed by atoms with van der Waals surface area (Å²) in [7, 11) is 0. The van der Waals surface area contributed by atoms with E-state index in [0.29, 0.717) is 11.4 Å². The molecule has 0 aliphatic carbocycles. The Morgan fingerprint density at radius 3 is 2.54 bits per heavy atom. The Kier molecular flexibility index (Phi) is 4.08. The maximum absolute atomic E-state index is 8.56. The molecule has 13 heavy (non-hydrogen) atoms. The first-order chi connectivity index (χ1) is 6.36. The van der Waals surface area contributed by atoms with E-state index in [2.05, 4.69) is 6.07 Å². The molecule has 0 amide bonds. The van der Waals surface area contributed by atoms with Crippen LogP contribution in [0, 0.1) is 11.3 Å². The molecule has 0 spiro atoms. The molecule has 0 N–H and O–H groups in total. The second-order valence-electron chi connectivity index (χ2n) is 2.61. The summed E-state index contributed by atoms with van der Waals surface area (Å²) in [6, 6.07) is 9.53. The van der Waals surface area contributed by atoms with Crippen LogP contribution in [0.5, 0.6) is 0 Å². The Morgan fingerprint density at radius 2 is 2.00 bits per heavy atom. The molecule has 1 nitrogen and oxygen atoms in total. The normalized spacial score (nSPS) is 10.2. The van der Waals surface area contributed by atoms with Crippen molar-refractivity contribution in [2.75, 3.05) is 5.88 Å². The van der Waals surface area contributed by atoms with Crippen LogP contribution in [0.2, 0.25) is 0 Å². The van der Waals surface area contributed by atoms with Gasteiger partial charge in [0, 0.05) is 5.88 Å². The smallest absolute Gasteiger partial charge is 0.0991 e. The van der Waals surface area contributed by atoms with Gasteiger partial charge in [-0.1, -0.05) is 24.3 Å². The zero-order valence-electron chi connectivity index (χ0n) is 7.20. The number of benzene rings is 1. The fraction of sp³-hybridized carbons (Fsp3) is 0.182. The average Bonchev–Trinajstić information content (AvgIpc) is 2.19. The Bertz CT molecular complexity index is 319. The van der Waals surface area contributed by atoms with Crippen molar-refractivity contribution in [1.82, 2.24) is 0 Å². The van der Waals surface area contributed by atoms with E-state index < -0.39 is 0 Å².